The van der Waals surface area contributed by atoms with Gasteiger partial charge in [-0.3, -0.25) is 0 Å². The van der Waals surface area contributed by atoms with E-state index in [1.165, 1.54) is 6.07 Å². The van der Waals surface area contributed by atoms with Crippen molar-refractivity contribution in [1.82, 2.24) is 5.32 Å². The van der Waals surface area contributed by atoms with E-state index in [4.69, 9.17) is 0 Å². The van der Waals surface area contributed by atoms with Gasteiger partial charge in [0.25, 0.3) is 0 Å². The minimum Gasteiger partial charge on any atom is -0.357 e. The van der Waals surface area contributed by atoms with Crippen molar-refractivity contribution in [2.24, 2.45) is 0 Å². The van der Waals surface area contributed by atoms with Crippen LogP contribution in [0.15, 0.2) is 36.7 Å². The lowest BCUT2D eigenvalue weighted by molar-refractivity contribution is -0.156. The zero-order valence-corrected chi connectivity index (χ0v) is 10.1. The van der Waals surface area contributed by atoms with E-state index in [0.717, 1.165) is 0 Å². The summed E-state index contributed by atoms with van der Waals surface area (Å²) >= 11 is 3.53. The number of hydrogen-bond acceptors (Lipinski definition) is 3. The van der Waals surface area contributed by atoms with Gasteiger partial charge in [-0.05, 0) is 12.3 Å². The van der Waals surface area contributed by atoms with E-state index in [-0.39, 0.29) is 11.4 Å². The number of rotatable bonds is 0. The van der Waals surface area contributed by atoms with Crippen LogP contribution in [0.1, 0.15) is 11.6 Å². The van der Waals surface area contributed by atoms with Crippen molar-refractivity contribution < 1.29 is 13.2 Å². The van der Waals surface area contributed by atoms with Gasteiger partial charge in [0.05, 0.1) is 5.82 Å². The molecule has 1 aromatic carbocycles. The van der Waals surface area contributed by atoms with Gasteiger partial charge in [0.2, 0.25) is 0 Å². The van der Waals surface area contributed by atoms with Crippen LogP contribution in [0.4, 0.5) is 18.9 Å². The number of alkyl halides is 3. The molecule has 6 heteroatoms. The fourth-order valence-electron chi connectivity index (χ4n) is 1.57. The van der Waals surface area contributed by atoms with Crippen LogP contribution < -0.4 is 10.6 Å². The summed E-state index contributed by atoms with van der Waals surface area (Å²) in [4.78, 5) is 0. The monoisotopic (exact) mass is 262 g/mol. The molecule has 1 aromatic rings. The van der Waals surface area contributed by atoms with Crippen LogP contribution in [0.5, 0.6) is 0 Å². The van der Waals surface area contributed by atoms with E-state index in [0.29, 0.717) is 5.69 Å². The average Bonchev–Trinajstić information content (AvgIpc) is 2.29. The van der Waals surface area contributed by atoms with Crippen LogP contribution >= 0.6 is 12.6 Å². The Kier molecular flexibility index (Phi) is 4.34. The standard InChI is InChI=1S/C10H9F3N2.CH4S/c1-6-14-8-5-3-2-4-7(8)9(15-6)10(11,12)13;1-2/h2-5,9,14-15H,1H2;2H,1H3. The number of hydrogen-bond donors (Lipinski definition) is 3. The van der Waals surface area contributed by atoms with E-state index < -0.39 is 12.2 Å². The van der Waals surface area contributed by atoms with Crippen molar-refractivity contribution in [1.29, 1.82) is 0 Å². The maximum atomic E-state index is 12.7. The summed E-state index contributed by atoms with van der Waals surface area (Å²) in [5.41, 5.74) is 0.640. The number of para-hydroxylation sites is 1. The van der Waals surface area contributed by atoms with Gasteiger partial charge in [0, 0.05) is 11.3 Å². The second-order valence-electron chi connectivity index (χ2n) is 3.31. The molecule has 0 saturated carbocycles. The summed E-state index contributed by atoms with van der Waals surface area (Å²) in [6, 6.07) is 4.62. The van der Waals surface area contributed by atoms with Crippen LogP contribution in [0, 0.1) is 0 Å². The molecule has 2 nitrogen and oxygen atoms in total. The molecule has 17 heavy (non-hydrogen) atoms. The minimum absolute atomic E-state index is 0.163. The molecule has 1 unspecified atom stereocenters. The van der Waals surface area contributed by atoms with E-state index in [1.54, 1.807) is 24.5 Å². The first kappa shape index (κ1) is 13.8. The fourth-order valence-corrected chi connectivity index (χ4v) is 1.57. The first-order valence-corrected chi connectivity index (χ1v) is 5.71. The number of nitrogens with one attached hydrogen (secondary N) is 2. The molecule has 1 aliphatic heterocycles. The van der Waals surface area contributed by atoms with Crippen LogP contribution in [-0.4, -0.2) is 12.4 Å². The number of anilines is 1. The van der Waals surface area contributed by atoms with Gasteiger partial charge in [-0.2, -0.15) is 25.8 Å². The maximum Gasteiger partial charge on any atom is 0.412 e. The molecule has 0 spiro atoms. The van der Waals surface area contributed by atoms with Crippen molar-refractivity contribution in [3.63, 3.8) is 0 Å². The zero-order valence-electron chi connectivity index (χ0n) is 9.17. The summed E-state index contributed by atoms with van der Waals surface area (Å²) in [7, 11) is 0. The third-order valence-electron chi connectivity index (χ3n) is 2.20. The molecule has 0 aliphatic carbocycles. The van der Waals surface area contributed by atoms with E-state index in [9.17, 15) is 13.2 Å². The van der Waals surface area contributed by atoms with Gasteiger partial charge < -0.3 is 10.6 Å². The van der Waals surface area contributed by atoms with Crippen LogP contribution in [0.25, 0.3) is 0 Å². The molecule has 0 bridgehead atoms. The lowest BCUT2D eigenvalue weighted by Crippen LogP contribution is -2.39. The van der Waals surface area contributed by atoms with Crippen molar-refractivity contribution in [3.8, 4) is 0 Å². The molecular weight excluding hydrogens is 249 g/mol. The molecule has 94 valence electrons. The first-order chi connectivity index (χ1) is 7.98. The molecular formula is C11H13F3N2S. The number of halogens is 3. The Morgan fingerprint density at radius 3 is 2.41 bits per heavy atom. The third kappa shape index (κ3) is 3.09. The molecule has 0 saturated heterocycles. The normalized spacial score (nSPS) is 18.2. The number of benzene rings is 1. The Labute approximate surface area is 103 Å². The van der Waals surface area contributed by atoms with Crippen molar-refractivity contribution in [3.05, 3.63) is 42.2 Å². The molecule has 1 aliphatic rings. The summed E-state index contributed by atoms with van der Waals surface area (Å²) in [5, 5.41) is 5.04. The quantitative estimate of drug-likeness (QED) is 0.625. The van der Waals surface area contributed by atoms with Gasteiger partial charge in [0.1, 0.15) is 0 Å². The average molecular weight is 262 g/mol. The second-order valence-corrected chi connectivity index (χ2v) is 3.31. The topological polar surface area (TPSA) is 24.1 Å². The highest BCUT2D eigenvalue weighted by molar-refractivity contribution is 7.79. The first-order valence-electron chi connectivity index (χ1n) is 4.81. The Balaban J connectivity index is 0.000000686. The SMILES string of the molecule is C=C1Nc2ccccc2C(C(F)(F)F)N1.CS. The predicted octanol–water partition coefficient (Wildman–Crippen LogP) is 3.32. The molecule has 0 fully saturated rings. The fraction of sp³-hybridized carbons (Fsp3) is 0.273. The van der Waals surface area contributed by atoms with E-state index >= 15 is 0 Å². The lowest BCUT2D eigenvalue weighted by Gasteiger charge is -2.31. The molecule has 2 rings (SSSR count). The largest absolute Gasteiger partial charge is 0.412 e. The van der Waals surface area contributed by atoms with Gasteiger partial charge in [-0.1, -0.05) is 24.8 Å². The van der Waals surface area contributed by atoms with Gasteiger partial charge >= 0.3 is 6.18 Å². The highest BCUT2D eigenvalue weighted by Crippen LogP contribution is 2.39. The summed E-state index contributed by atoms with van der Waals surface area (Å²) < 4.78 is 38.0. The molecule has 2 N–H and O–H groups in total. The van der Waals surface area contributed by atoms with Crippen molar-refractivity contribution in [2.75, 3.05) is 11.6 Å². The highest BCUT2D eigenvalue weighted by atomic mass is 32.1. The zero-order chi connectivity index (χ0) is 13.1. The van der Waals surface area contributed by atoms with Crippen LogP contribution in [0.2, 0.25) is 0 Å². The van der Waals surface area contributed by atoms with Crippen molar-refractivity contribution in [2.45, 2.75) is 12.2 Å². The molecule has 0 radical (unpaired) electrons. The highest BCUT2D eigenvalue weighted by Gasteiger charge is 2.43. The van der Waals surface area contributed by atoms with E-state index in [1.807, 2.05) is 0 Å². The van der Waals surface area contributed by atoms with Gasteiger partial charge in [0.15, 0.2) is 6.04 Å². The third-order valence-corrected chi connectivity index (χ3v) is 2.20. The summed E-state index contributed by atoms with van der Waals surface area (Å²) in [6.45, 7) is 3.45. The van der Waals surface area contributed by atoms with Gasteiger partial charge in [-0.15, -0.1) is 0 Å². The predicted molar refractivity (Wildman–Crippen MR) is 66.0 cm³/mol. The minimum atomic E-state index is -4.32. The Morgan fingerprint density at radius 2 is 1.82 bits per heavy atom. The molecule has 0 amide bonds. The second kappa shape index (κ2) is 5.35. The smallest absolute Gasteiger partial charge is 0.357 e. The maximum absolute atomic E-state index is 12.7. The Bertz CT molecular complexity index is 404. The lowest BCUT2D eigenvalue weighted by atomic mass is 10.0. The summed E-state index contributed by atoms with van der Waals surface area (Å²) in [6.07, 6.45) is -2.62. The Hall–Kier alpha value is -1.30. The van der Waals surface area contributed by atoms with Crippen LogP contribution in [-0.2, 0) is 0 Å². The molecule has 1 heterocycles. The molecule has 1 atom stereocenters. The van der Waals surface area contributed by atoms with Gasteiger partial charge in [-0.25, -0.2) is 0 Å². The number of thiol groups is 1. The number of fused-ring (bicyclic) bond motifs is 1. The van der Waals surface area contributed by atoms with Crippen molar-refractivity contribution >= 4 is 18.3 Å². The van der Waals surface area contributed by atoms with Crippen LogP contribution in [0.3, 0.4) is 0 Å². The van der Waals surface area contributed by atoms with E-state index in [2.05, 4.69) is 29.8 Å². The molecule has 0 aromatic heterocycles. The Morgan fingerprint density at radius 1 is 1.24 bits per heavy atom. The summed E-state index contributed by atoms with van der Waals surface area (Å²) in [5.74, 6) is 0.163.